The zero-order valence-electron chi connectivity index (χ0n) is 14.4. The van der Waals surface area contributed by atoms with Crippen molar-refractivity contribution in [1.82, 2.24) is 0 Å². The summed E-state index contributed by atoms with van der Waals surface area (Å²) in [6, 6.07) is 17.9. The second kappa shape index (κ2) is 9.59. The first-order valence-corrected chi connectivity index (χ1v) is 8.26. The molecule has 5 nitrogen and oxygen atoms in total. The van der Waals surface area contributed by atoms with Crippen LogP contribution in [0.5, 0.6) is 0 Å². The van der Waals surface area contributed by atoms with Crippen LogP contribution in [0.1, 0.15) is 37.2 Å². The van der Waals surface area contributed by atoms with Gasteiger partial charge in [-0.15, -0.1) is 0 Å². The van der Waals surface area contributed by atoms with Crippen molar-refractivity contribution in [2.24, 2.45) is 0 Å². The summed E-state index contributed by atoms with van der Waals surface area (Å²) in [5, 5.41) is 0. The fourth-order valence-corrected chi connectivity index (χ4v) is 2.37. The lowest BCUT2D eigenvalue weighted by Gasteiger charge is -2.23. The fourth-order valence-electron chi connectivity index (χ4n) is 2.37. The van der Waals surface area contributed by atoms with Crippen LogP contribution in [0.15, 0.2) is 60.7 Å². The summed E-state index contributed by atoms with van der Waals surface area (Å²) in [5.41, 5.74) is 1.23. The van der Waals surface area contributed by atoms with E-state index >= 15 is 0 Å². The molecule has 0 heterocycles. The van der Waals surface area contributed by atoms with E-state index in [1.807, 2.05) is 12.1 Å². The molecule has 0 aromatic heterocycles. The van der Waals surface area contributed by atoms with Crippen LogP contribution in [0.2, 0.25) is 0 Å². The number of esters is 2. The minimum atomic E-state index is -1.02. The molecular weight excluding hydrogens is 320 g/mol. The van der Waals surface area contributed by atoms with Gasteiger partial charge in [0.25, 0.3) is 0 Å². The molecule has 2 aromatic rings. The number of carbonyl (C=O) groups is 2. The molecule has 2 atom stereocenters. The van der Waals surface area contributed by atoms with Crippen molar-refractivity contribution in [2.45, 2.75) is 26.1 Å². The normalized spacial score (nSPS) is 12.9. The monoisotopic (exact) mass is 342 g/mol. The van der Waals surface area contributed by atoms with Gasteiger partial charge in [0, 0.05) is 0 Å². The topological polar surface area (TPSA) is 61.8 Å². The van der Waals surface area contributed by atoms with E-state index < -0.39 is 24.1 Å². The highest BCUT2D eigenvalue weighted by Crippen LogP contribution is 2.29. The lowest BCUT2D eigenvalue weighted by atomic mass is 10.1. The molecule has 0 radical (unpaired) electrons. The molecule has 0 aliphatic rings. The second-order valence-corrected chi connectivity index (χ2v) is 5.22. The Morgan fingerprint density at radius 3 is 1.40 bits per heavy atom. The number of ether oxygens (including phenoxy) is 3. The van der Waals surface area contributed by atoms with Crippen LogP contribution in [0.3, 0.4) is 0 Å². The van der Waals surface area contributed by atoms with Crippen molar-refractivity contribution in [3.8, 4) is 0 Å². The van der Waals surface area contributed by atoms with Crippen molar-refractivity contribution < 1.29 is 23.8 Å². The summed E-state index contributed by atoms with van der Waals surface area (Å²) < 4.78 is 16.1. The van der Waals surface area contributed by atoms with Crippen LogP contribution in [0.4, 0.5) is 0 Å². The maximum absolute atomic E-state index is 12.4. The predicted molar refractivity (Wildman–Crippen MR) is 92.7 cm³/mol. The average Bonchev–Trinajstić information content (AvgIpc) is 2.64. The summed E-state index contributed by atoms with van der Waals surface area (Å²) in [4.78, 5) is 24.8. The van der Waals surface area contributed by atoms with E-state index in [0.717, 1.165) is 0 Å². The van der Waals surface area contributed by atoms with Gasteiger partial charge in [0.1, 0.15) is 0 Å². The maximum Gasteiger partial charge on any atom is 0.339 e. The van der Waals surface area contributed by atoms with Gasteiger partial charge in [0.2, 0.25) is 0 Å². The van der Waals surface area contributed by atoms with Crippen molar-refractivity contribution in [1.29, 1.82) is 0 Å². The number of rotatable bonds is 8. The van der Waals surface area contributed by atoms with Gasteiger partial charge in [0.15, 0.2) is 12.2 Å². The highest BCUT2D eigenvalue weighted by atomic mass is 16.6. The molecule has 0 aliphatic carbocycles. The van der Waals surface area contributed by atoms with E-state index in [2.05, 4.69) is 0 Å². The van der Waals surface area contributed by atoms with Gasteiger partial charge >= 0.3 is 11.9 Å². The van der Waals surface area contributed by atoms with Crippen molar-refractivity contribution >= 4 is 11.9 Å². The maximum atomic E-state index is 12.4. The molecule has 0 bridgehead atoms. The molecule has 2 rings (SSSR count). The van der Waals surface area contributed by atoms with Gasteiger partial charge in [-0.2, -0.15) is 0 Å². The Morgan fingerprint density at radius 1 is 0.720 bits per heavy atom. The molecule has 2 aromatic carbocycles. The van der Waals surface area contributed by atoms with E-state index in [9.17, 15) is 9.59 Å². The van der Waals surface area contributed by atoms with E-state index in [0.29, 0.717) is 11.1 Å². The first kappa shape index (κ1) is 18.7. The molecule has 0 N–H and O–H groups in total. The molecule has 0 fully saturated rings. The highest BCUT2D eigenvalue weighted by molar-refractivity contribution is 5.79. The average molecular weight is 342 g/mol. The quantitative estimate of drug-likeness (QED) is 0.686. The first-order valence-electron chi connectivity index (χ1n) is 8.26. The molecule has 5 heteroatoms. The SMILES string of the molecule is CCOC(=O)[C@@H](O[C@@H](C(=O)OCC)c1ccccc1)c1ccccc1. The second-order valence-electron chi connectivity index (χ2n) is 5.22. The summed E-state index contributed by atoms with van der Waals surface area (Å²) in [5.74, 6) is -1.09. The van der Waals surface area contributed by atoms with E-state index in [-0.39, 0.29) is 13.2 Å². The van der Waals surface area contributed by atoms with Gasteiger partial charge in [0.05, 0.1) is 13.2 Å². The van der Waals surface area contributed by atoms with Crippen molar-refractivity contribution in [3.05, 3.63) is 71.8 Å². The highest BCUT2D eigenvalue weighted by Gasteiger charge is 2.32. The van der Waals surface area contributed by atoms with Crippen LogP contribution in [0, 0.1) is 0 Å². The Kier molecular flexibility index (Phi) is 7.16. The third-order valence-electron chi connectivity index (χ3n) is 3.48. The van der Waals surface area contributed by atoms with Gasteiger partial charge in [-0.3, -0.25) is 0 Å². The smallest absolute Gasteiger partial charge is 0.339 e. The van der Waals surface area contributed by atoms with Crippen LogP contribution in [-0.2, 0) is 23.8 Å². The zero-order chi connectivity index (χ0) is 18.1. The number of carbonyl (C=O) groups excluding carboxylic acids is 2. The van der Waals surface area contributed by atoms with E-state index in [4.69, 9.17) is 14.2 Å². The molecule has 0 saturated heterocycles. The predicted octanol–water partition coefficient (Wildman–Crippen LogP) is 3.61. The minimum Gasteiger partial charge on any atom is -0.464 e. The van der Waals surface area contributed by atoms with E-state index in [1.54, 1.807) is 62.4 Å². The lowest BCUT2D eigenvalue weighted by Crippen LogP contribution is -2.26. The Bertz CT molecular complexity index is 610. The number of hydrogen-bond donors (Lipinski definition) is 0. The summed E-state index contributed by atoms with van der Waals surface area (Å²) in [6.45, 7) is 3.89. The Labute approximate surface area is 147 Å². The summed E-state index contributed by atoms with van der Waals surface area (Å²) in [6.07, 6.45) is -2.04. The van der Waals surface area contributed by atoms with Crippen LogP contribution < -0.4 is 0 Å². The molecule has 0 saturated carbocycles. The largest absolute Gasteiger partial charge is 0.464 e. The lowest BCUT2D eigenvalue weighted by molar-refractivity contribution is -0.173. The number of hydrogen-bond acceptors (Lipinski definition) is 5. The molecule has 0 amide bonds. The third-order valence-corrected chi connectivity index (χ3v) is 3.48. The molecule has 25 heavy (non-hydrogen) atoms. The van der Waals surface area contributed by atoms with Crippen molar-refractivity contribution in [3.63, 3.8) is 0 Å². The van der Waals surface area contributed by atoms with Crippen LogP contribution in [-0.4, -0.2) is 25.2 Å². The van der Waals surface area contributed by atoms with Crippen LogP contribution >= 0.6 is 0 Å². The van der Waals surface area contributed by atoms with Gasteiger partial charge in [-0.05, 0) is 25.0 Å². The fraction of sp³-hybridized carbons (Fsp3) is 0.300. The standard InChI is InChI=1S/C20H22O5/c1-3-23-19(21)17(15-11-7-5-8-12-15)25-18(20(22)24-4-2)16-13-9-6-10-14-16/h5-14,17-18H,3-4H2,1-2H3/t17-,18+. The van der Waals surface area contributed by atoms with Gasteiger partial charge in [-0.25, -0.2) is 9.59 Å². The molecule has 132 valence electrons. The van der Waals surface area contributed by atoms with Gasteiger partial charge in [-0.1, -0.05) is 60.7 Å². The zero-order valence-corrected chi connectivity index (χ0v) is 14.4. The number of benzene rings is 2. The Hall–Kier alpha value is -2.66. The summed E-state index contributed by atoms with van der Waals surface area (Å²) >= 11 is 0. The Balaban J connectivity index is 2.34. The molecule has 0 unspecified atom stereocenters. The molecule has 0 aliphatic heterocycles. The minimum absolute atomic E-state index is 0.223. The van der Waals surface area contributed by atoms with E-state index in [1.165, 1.54) is 0 Å². The molecule has 0 spiro atoms. The van der Waals surface area contributed by atoms with Crippen molar-refractivity contribution in [2.75, 3.05) is 13.2 Å². The third kappa shape index (κ3) is 5.16. The summed E-state index contributed by atoms with van der Waals surface area (Å²) in [7, 11) is 0. The van der Waals surface area contributed by atoms with Gasteiger partial charge < -0.3 is 14.2 Å². The molecular formula is C20H22O5. The Morgan fingerprint density at radius 2 is 1.08 bits per heavy atom. The van der Waals surface area contributed by atoms with Crippen LogP contribution in [0.25, 0.3) is 0 Å². The first-order chi connectivity index (χ1) is 12.2.